The van der Waals surface area contributed by atoms with Gasteiger partial charge in [0.25, 0.3) is 0 Å². The largest absolute Gasteiger partial charge is 0.478 e. The first kappa shape index (κ1) is 24.3. The number of aliphatic carboxylic acids is 2. The Kier molecular flexibility index (Phi) is 8.53. The third kappa shape index (κ3) is 7.04. The Balaban J connectivity index is 0.000000366. The Morgan fingerprint density at radius 2 is 1.52 bits per heavy atom. The molecule has 0 aliphatic carbocycles. The van der Waals surface area contributed by atoms with Crippen molar-refractivity contribution in [2.75, 3.05) is 20.6 Å². The van der Waals surface area contributed by atoms with Crippen molar-refractivity contribution in [1.82, 2.24) is 4.90 Å². The maximum absolute atomic E-state index is 12.8. The van der Waals surface area contributed by atoms with E-state index in [2.05, 4.69) is 25.1 Å². The van der Waals surface area contributed by atoms with Gasteiger partial charge in [0.15, 0.2) is 9.84 Å². The number of hydrogen-bond acceptors (Lipinski definition) is 5. The lowest BCUT2D eigenvalue weighted by atomic mass is 9.85. The Morgan fingerprint density at radius 3 is 2.10 bits per heavy atom. The Hall–Kier alpha value is -2.97. The predicted octanol–water partition coefficient (Wildman–Crippen LogP) is 3.16. The number of rotatable bonds is 6. The van der Waals surface area contributed by atoms with Crippen LogP contribution in [0.1, 0.15) is 35.4 Å². The van der Waals surface area contributed by atoms with Crippen molar-refractivity contribution < 1.29 is 28.2 Å². The van der Waals surface area contributed by atoms with Crippen LogP contribution in [0.2, 0.25) is 0 Å². The van der Waals surface area contributed by atoms with Crippen LogP contribution in [-0.4, -0.2) is 56.1 Å². The molecule has 1 unspecified atom stereocenters. The SMILES string of the molecule is CN(C)CCCC1c2ccccc2CS(=O)(=O)c2ccccc21.O=C(O)C=CC(=O)O. The Morgan fingerprint density at radius 1 is 0.968 bits per heavy atom. The zero-order chi connectivity index (χ0) is 23.0. The van der Waals surface area contributed by atoms with Gasteiger partial charge in [0.2, 0.25) is 0 Å². The van der Waals surface area contributed by atoms with Gasteiger partial charge in [0.05, 0.1) is 10.6 Å². The molecule has 1 aliphatic rings. The molecule has 2 aromatic rings. The van der Waals surface area contributed by atoms with E-state index in [0.29, 0.717) is 17.0 Å². The first-order chi connectivity index (χ1) is 14.6. The summed E-state index contributed by atoms with van der Waals surface area (Å²) in [5.41, 5.74) is 3.06. The van der Waals surface area contributed by atoms with Gasteiger partial charge in [-0.15, -0.1) is 0 Å². The van der Waals surface area contributed by atoms with Crippen molar-refractivity contribution in [3.8, 4) is 0 Å². The van der Waals surface area contributed by atoms with Crippen LogP contribution in [0.5, 0.6) is 0 Å². The molecule has 8 heteroatoms. The van der Waals surface area contributed by atoms with E-state index in [4.69, 9.17) is 10.2 Å². The average Bonchev–Trinajstić information content (AvgIpc) is 2.79. The summed E-state index contributed by atoms with van der Waals surface area (Å²) in [7, 11) is 0.861. The summed E-state index contributed by atoms with van der Waals surface area (Å²) in [5.74, 6) is -2.26. The average molecular weight is 446 g/mol. The first-order valence-corrected chi connectivity index (χ1v) is 11.4. The summed E-state index contributed by atoms with van der Waals surface area (Å²) in [6.45, 7) is 1.01. The van der Waals surface area contributed by atoms with E-state index in [1.807, 2.05) is 36.4 Å². The van der Waals surface area contributed by atoms with E-state index in [0.717, 1.165) is 30.5 Å². The van der Waals surface area contributed by atoms with Gasteiger partial charge in [-0.05, 0) is 56.2 Å². The quantitative estimate of drug-likeness (QED) is 0.657. The van der Waals surface area contributed by atoms with Crippen molar-refractivity contribution in [1.29, 1.82) is 0 Å². The monoisotopic (exact) mass is 445 g/mol. The van der Waals surface area contributed by atoms with E-state index < -0.39 is 21.8 Å². The molecule has 1 heterocycles. The van der Waals surface area contributed by atoms with Crippen LogP contribution in [0.25, 0.3) is 0 Å². The molecule has 31 heavy (non-hydrogen) atoms. The fraction of sp³-hybridized carbons (Fsp3) is 0.304. The number of fused-ring (bicyclic) bond motifs is 2. The smallest absolute Gasteiger partial charge is 0.328 e. The van der Waals surface area contributed by atoms with Gasteiger partial charge >= 0.3 is 11.9 Å². The molecule has 0 saturated carbocycles. The molecule has 2 aromatic carbocycles. The van der Waals surface area contributed by atoms with Crippen LogP contribution in [0, 0.1) is 0 Å². The highest BCUT2D eigenvalue weighted by Gasteiger charge is 2.30. The topological polar surface area (TPSA) is 112 Å². The number of carboxylic acid groups (broad SMARTS) is 2. The zero-order valence-corrected chi connectivity index (χ0v) is 18.4. The van der Waals surface area contributed by atoms with Crippen LogP contribution in [-0.2, 0) is 25.2 Å². The molecule has 7 nitrogen and oxygen atoms in total. The van der Waals surface area contributed by atoms with Crippen LogP contribution >= 0.6 is 0 Å². The Labute approximate surface area is 182 Å². The second-order valence-electron chi connectivity index (χ2n) is 7.50. The zero-order valence-electron chi connectivity index (χ0n) is 17.6. The first-order valence-electron chi connectivity index (χ1n) is 9.80. The van der Waals surface area contributed by atoms with Crippen molar-refractivity contribution in [3.05, 3.63) is 77.4 Å². The molecule has 1 atom stereocenters. The molecule has 2 N–H and O–H groups in total. The standard InChI is InChI=1S/C19H23NO2S.C4H4O4/c1-20(2)13-7-11-17-16-9-4-3-8-15(16)14-23(21,22)19-12-6-5-10-18(17)19;5-3(6)1-2-4(7)8/h3-6,8-10,12,17H,7,11,13-14H2,1-2H3;1-2H,(H,5,6)(H,7,8). The number of benzene rings is 2. The number of carboxylic acids is 2. The third-order valence-corrected chi connectivity index (χ3v) is 6.61. The molecule has 0 aromatic heterocycles. The van der Waals surface area contributed by atoms with Crippen LogP contribution in [0.3, 0.4) is 0 Å². The van der Waals surface area contributed by atoms with Gasteiger partial charge in [-0.2, -0.15) is 0 Å². The van der Waals surface area contributed by atoms with Crippen molar-refractivity contribution in [3.63, 3.8) is 0 Å². The van der Waals surface area contributed by atoms with Gasteiger partial charge in [0, 0.05) is 18.1 Å². The van der Waals surface area contributed by atoms with E-state index >= 15 is 0 Å². The van der Waals surface area contributed by atoms with E-state index in [9.17, 15) is 18.0 Å². The minimum absolute atomic E-state index is 0.102. The fourth-order valence-corrected chi connectivity index (χ4v) is 5.26. The second kappa shape index (κ2) is 10.9. The highest BCUT2D eigenvalue weighted by molar-refractivity contribution is 7.90. The van der Waals surface area contributed by atoms with Gasteiger partial charge in [0.1, 0.15) is 0 Å². The van der Waals surface area contributed by atoms with Crippen LogP contribution in [0.4, 0.5) is 0 Å². The molecule has 0 saturated heterocycles. The molecule has 166 valence electrons. The van der Waals surface area contributed by atoms with Gasteiger partial charge in [-0.25, -0.2) is 18.0 Å². The lowest BCUT2D eigenvalue weighted by Gasteiger charge is -2.20. The van der Waals surface area contributed by atoms with Crippen LogP contribution < -0.4 is 0 Å². The molecule has 0 radical (unpaired) electrons. The van der Waals surface area contributed by atoms with Crippen molar-refractivity contribution >= 4 is 21.8 Å². The number of sulfone groups is 1. The lowest BCUT2D eigenvalue weighted by molar-refractivity contribution is -0.134. The van der Waals surface area contributed by atoms with E-state index in [1.165, 1.54) is 5.56 Å². The molecule has 3 rings (SSSR count). The third-order valence-electron chi connectivity index (χ3n) is 4.87. The lowest BCUT2D eigenvalue weighted by Crippen LogP contribution is -2.14. The molecule has 0 spiro atoms. The minimum Gasteiger partial charge on any atom is -0.478 e. The normalized spacial score (nSPS) is 16.5. The van der Waals surface area contributed by atoms with Gasteiger partial charge in [-0.3, -0.25) is 0 Å². The molecule has 0 fully saturated rings. The number of nitrogens with zero attached hydrogens (tertiary/aromatic N) is 1. The highest BCUT2D eigenvalue weighted by Crippen LogP contribution is 2.39. The minimum atomic E-state index is -3.28. The summed E-state index contributed by atoms with van der Waals surface area (Å²) in [6.07, 6.45) is 3.12. The number of carbonyl (C=O) groups is 2. The molecular weight excluding hydrogens is 418 g/mol. The van der Waals surface area contributed by atoms with Crippen molar-refractivity contribution in [2.45, 2.75) is 29.4 Å². The second-order valence-corrected chi connectivity index (χ2v) is 9.46. The number of hydrogen-bond donors (Lipinski definition) is 2. The highest BCUT2D eigenvalue weighted by atomic mass is 32.2. The maximum Gasteiger partial charge on any atom is 0.328 e. The van der Waals surface area contributed by atoms with E-state index in [1.54, 1.807) is 6.07 Å². The summed E-state index contributed by atoms with van der Waals surface area (Å²) in [4.78, 5) is 21.8. The summed E-state index contributed by atoms with van der Waals surface area (Å²) in [6, 6.07) is 15.5. The summed E-state index contributed by atoms with van der Waals surface area (Å²) >= 11 is 0. The predicted molar refractivity (Wildman–Crippen MR) is 118 cm³/mol. The molecule has 1 aliphatic heterocycles. The Bertz CT molecular complexity index is 1040. The van der Waals surface area contributed by atoms with E-state index in [-0.39, 0.29) is 11.7 Å². The van der Waals surface area contributed by atoms with Crippen molar-refractivity contribution in [2.24, 2.45) is 0 Å². The van der Waals surface area contributed by atoms with Gasteiger partial charge in [-0.1, -0.05) is 42.5 Å². The summed E-state index contributed by atoms with van der Waals surface area (Å²) in [5, 5.41) is 15.6. The van der Waals surface area contributed by atoms with Gasteiger partial charge < -0.3 is 15.1 Å². The molecule has 0 bridgehead atoms. The summed E-state index contributed by atoms with van der Waals surface area (Å²) < 4.78 is 25.6. The molecule has 0 amide bonds. The van der Waals surface area contributed by atoms with Crippen LogP contribution in [0.15, 0.2) is 65.6 Å². The maximum atomic E-state index is 12.8. The molecular formula is C23H27NO6S. The fourth-order valence-electron chi connectivity index (χ4n) is 3.57.